The van der Waals surface area contributed by atoms with Crippen molar-refractivity contribution in [2.45, 2.75) is 57.8 Å². The van der Waals surface area contributed by atoms with E-state index in [1.54, 1.807) is 6.07 Å². The highest BCUT2D eigenvalue weighted by molar-refractivity contribution is 7.21. The first kappa shape index (κ1) is 23.5. The van der Waals surface area contributed by atoms with E-state index in [1.807, 2.05) is 0 Å². The van der Waals surface area contributed by atoms with Crippen molar-refractivity contribution in [1.29, 1.82) is 0 Å². The van der Waals surface area contributed by atoms with Crippen LogP contribution in [0.15, 0.2) is 6.07 Å². The summed E-state index contributed by atoms with van der Waals surface area (Å²) in [5.74, 6) is -0.497. The van der Waals surface area contributed by atoms with Crippen LogP contribution in [0.25, 0.3) is 10.2 Å². The number of pyridine rings is 1. The minimum atomic E-state index is -1.82. The van der Waals surface area contributed by atoms with E-state index in [-0.39, 0.29) is 21.7 Å². The number of amides is 1. The first-order valence-electron chi connectivity index (χ1n) is 10.4. The standard InChI is InChI=1S/C21H32N4O4SSi/c1-21(2,3)31(5,6)29-12-7-9-25(10-8-12)14-11-13(20(27)28-4)15-16(22)17(18(23)26)30-19(15)24-14/h11-12H,7-10,22H2,1-6H3,(H2,23,26). The summed E-state index contributed by atoms with van der Waals surface area (Å²) >= 11 is 1.10. The Hall–Kier alpha value is -2.17. The van der Waals surface area contributed by atoms with E-state index in [0.717, 1.165) is 37.3 Å². The van der Waals surface area contributed by atoms with Crippen molar-refractivity contribution in [3.05, 3.63) is 16.5 Å². The molecule has 0 unspecified atom stereocenters. The lowest BCUT2D eigenvalue weighted by atomic mass is 10.1. The van der Waals surface area contributed by atoms with Crippen molar-refractivity contribution in [1.82, 2.24) is 4.98 Å². The molecule has 0 aliphatic carbocycles. The average molecular weight is 465 g/mol. The molecule has 0 bridgehead atoms. The summed E-state index contributed by atoms with van der Waals surface area (Å²) in [6, 6.07) is 1.69. The molecule has 3 rings (SSSR count). The number of carbonyl (C=O) groups is 2. The number of nitrogens with two attached hydrogens (primary N) is 2. The van der Waals surface area contributed by atoms with E-state index < -0.39 is 20.2 Å². The van der Waals surface area contributed by atoms with Crippen LogP contribution in [-0.2, 0) is 9.16 Å². The van der Waals surface area contributed by atoms with Crippen molar-refractivity contribution in [3.63, 3.8) is 0 Å². The highest BCUT2D eigenvalue weighted by Crippen LogP contribution is 2.40. The number of nitrogen functional groups attached to an aromatic ring is 1. The Morgan fingerprint density at radius 2 is 1.87 bits per heavy atom. The number of hydrogen-bond acceptors (Lipinski definition) is 8. The van der Waals surface area contributed by atoms with E-state index in [9.17, 15) is 9.59 Å². The fourth-order valence-electron chi connectivity index (χ4n) is 3.52. The molecule has 10 heteroatoms. The van der Waals surface area contributed by atoms with Gasteiger partial charge in [0.05, 0.1) is 18.4 Å². The van der Waals surface area contributed by atoms with Crippen molar-refractivity contribution in [2.24, 2.45) is 5.73 Å². The molecule has 1 aliphatic rings. The minimum Gasteiger partial charge on any atom is -0.465 e. The molecule has 0 saturated carbocycles. The number of primary amides is 1. The van der Waals surface area contributed by atoms with E-state index in [1.165, 1.54) is 7.11 Å². The molecule has 1 amide bonds. The Labute approximate surface area is 188 Å². The number of rotatable bonds is 5. The smallest absolute Gasteiger partial charge is 0.338 e. The zero-order chi connectivity index (χ0) is 23.1. The van der Waals surface area contributed by atoms with Gasteiger partial charge in [-0.2, -0.15) is 0 Å². The minimum absolute atomic E-state index is 0.170. The highest BCUT2D eigenvalue weighted by atomic mass is 32.1. The molecular weight excluding hydrogens is 432 g/mol. The fraction of sp³-hybridized carbons (Fsp3) is 0.571. The van der Waals surface area contributed by atoms with Crippen LogP contribution in [0, 0.1) is 0 Å². The van der Waals surface area contributed by atoms with Crippen LogP contribution in [0.4, 0.5) is 11.5 Å². The second-order valence-electron chi connectivity index (χ2n) is 9.47. The summed E-state index contributed by atoms with van der Waals surface area (Å²) in [7, 11) is -0.509. The van der Waals surface area contributed by atoms with Crippen molar-refractivity contribution >= 4 is 53.3 Å². The Bertz CT molecular complexity index is 1010. The summed E-state index contributed by atoms with van der Waals surface area (Å²) < 4.78 is 11.5. The van der Waals surface area contributed by atoms with Crippen molar-refractivity contribution in [3.8, 4) is 0 Å². The topological polar surface area (TPSA) is 121 Å². The lowest BCUT2D eigenvalue weighted by Gasteiger charge is -2.42. The molecule has 2 aromatic heterocycles. The molecule has 4 N–H and O–H groups in total. The van der Waals surface area contributed by atoms with E-state index in [0.29, 0.717) is 21.6 Å². The quantitative estimate of drug-likeness (QED) is 0.510. The molecule has 2 aromatic rings. The van der Waals surface area contributed by atoms with Gasteiger partial charge in [-0.1, -0.05) is 20.8 Å². The van der Waals surface area contributed by atoms with Crippen LogP contribution < -0.4 is 16.4 Å². The Kier molecular flexibility index (Phi) is 6.36. The lowest BCUT2D eigenvalue weighted by Crippen LogP contribution is -2.47. The van der Waals surface area contributed by atoms with Gasteiger partial charge in [0.1, 0.15) is 15.5 Å². The SMILES string of the molecule is COC(=O)c1cc(N2CCC(O[Si](C)(C)C(C)(C)C)CC2)nc2sc(C(N)=O)c(N)c12. The first-order chi connectivity index (χ1) is 14.4. The van der Waals surface area contributed by atoms with Gasteiger partial charge in [-0.05, 0) is 37.0 Å². The van der Waals surface area contributed by atoms with Crippen LogP contribution >= 0.6 is 11.3 Å². The summed E-state index contributed by atoms with van der Waals surface area (Å²) in [6.07, 6.45) is 2.00. The normalized spacial score (nSPS) is 16.0. The second-order valence-corrected chi connectivity index (χ2v) is 15.2. The van der Waals surface area contributed by atoms with Gasteiger partial charge in [-0.25, -0.2) is 9.78 Å². The summed E-state index contributed by atoms with van der Waals surface area (Å²) in [5, 5.41) is 0.592. The van der Waals surface area contributed by atoms with E-state index in [4.69, 9.17) is 25.6 Å². The monoisotopic (exact) mass is 464 g/mol. The van der Waals surface area contributed by atoms with Gasteiger partial charge in [-0.3, -0.25) is 4.79 Å². The predicted molar refractivity (Wildman–Crippen MR) is 127 cm³/mol. The summed E-state index contributed by atoms with van der Waals surface area (Å²) in [6.45, 7) is 12.8. The molecule has 1 saturated heterocycles. The predicted octanol–water partition coefficient (Wildman–Crippen LogP) is 3.75. The van der Waals surface area contributed by atoms with Gasteiger partial charge < -0.3 is 25.5 Å². The van der Waals surface area contributed by atoms with Gasteiger partial charge in [0, 0.05) is 24.6 Å². The number of nitrogens with zero attached hydrogens (tertiary/aromatic N) is 2. The maximum absolute atomic E-state index is 12.4. The van der Waals surface area contributed by atoms with E-state index >= 15 is 0 Å². The van der Waals surface area contributed by atoms with Crippen molar-refractivity contribution < 1.29 is 18.8 Å². The Morgan fingerprint density at radius 3 is 2.39 bits per heavy atom. The third-order valence-corrected chi connectivity index (χ3v) is 12.0. The van der Waals surface area contributed by atoms with Crippen molar-refractivity contribution in [2.75, 3.05) is 30.8 Å². The van der Waals surface area contributed by atoms with Gasteiger partial charge in [0.2, 0.25) is 0 Å². The average Bonchev–Trinajstić information content (AvgIpc) is 3.03. The number of piperidine rings is 1. The molecule has 31 heavy (non-hydrogen) atoms. The van der Waals surface area contributed by atoms with Crippen LogP contribution in [0.3, 0.4) is 0 Å². The van der Waals surface area contributed by atoms with Gasteiger partial charge in [0.25, 0.3) is 5.91 Å². The molecule has 8 nitrogen and oxygen atoms in total. The van der Waals surface area contributed by atoms with Gasteiger partial charge >= 0.3 is 5.97 Å². The largest absolute Gasteiger partial charge is 0.465 e. The Balaban J connectivity index is 1.87. The number of esters is 1. The summed E-state index contributed by atoms with van der Waals surface area (Å²) in [4.78, 5) is 31.7. The fourth-order valence-corrected chi connectivity index (χ4v) is 5.91. The molecule has 170 valence electrons. The zero-order valence-corrected chi connectivity index (χ0v) is 20.9. The molecule has 0 radical (unpaired) electrons. The van der Waals surface area contributed by atoms with E-state index in [2.05, 4.69) is 38.8 Å². The number of ether oxygens (including phenoxy) is 1. The number of carbonyl (C=O) groups excluding carboxylic acids is 2. The number of aromatic nitrogens is 1. The zero-order valence-electron chi connectivity index (χ0n) is 19.1. The van der Waals surface area contributed by atoms with Crippen LogP contribution in [0.2, 0.25) is 18.1 Å². The van der Waals surface area contributed by atoms with Crippen LogP contribution in [0.5, 0.6) is 0 Å². The van der Waals surface area contributed by atoms with Crippen LogP contribution in [-0.4, -0.2) is 51.5 Å². The number of methoxy groups -OCH3 is 1. The third kappa shape index (κ3) is 4.56. The molecule has 1 fully saturated rings. The number of hydrogen-bond donors (Lipinski definition) is 2. The summed E-state index contributed by atoms with van der Waals surface area (Å²) in [5.41, 5.74) is 12.0. The van der Waals surface area contributed by atoms with Gasteiger partial charge in [-0.15, -0.1) is 11.3 Å². The molecule has 0 aromatic carbocycles. The van der Waals surface area contributed by atoms with Crippen LogP contribution in [0.1, 0.15) is 53.6 Å². The third-order valence-electron chi connectivity index (χ3n) is 6.35. The maximum atomic E-state index is 12.4. The Morgan fingerprint density at radius 1 is 1.26 bits per heavy atom. The molecule has 3 heterocycles. The van der Waals surface area contributed by atoms with Gasteiger partial charge in [0.15, 0.2) is 8.32 Å². The molecule has 1 aliphatic heterocycles. The maximum Gasteiger partial charge on any atom is 0.338 e. The second kappa shape index (κ2) is 8.40. The molecule has 0 atom stereocenters. The number of thiophene rings is 1. The molecular formula is C21H32N4O4SSi. The highest BCUT2D eigenvalue weighted by Gasteiger charge is 2.39. The number of fused-ring (bicyclic) bond motifs is 1. The first-order valence-corrected chi connectivity index (χ1v) is 14.1. The number of anilines is 2. The lowest BCUT2D eigenvalue weighted by molar-refractivity contribution is 0.0602. The molecule has 0 spiro atoms.